The number of anilines is 1. The maximum Gasteiger partial charge on any atom is 0.225 e. The van der Waals surface area contributed by atoms with Gasteiger partial charge < -0.3 is 5.32 Å². The van der Waals surface area contributed by atoms with Crippen molar-refractivity contribution in [1.82, 2.24) is 10.2 Å². The van der Waals surface area contributed by atoms with Crippen LogP contribution in [0.15, 0.2) is 6.07 Å². The average Bonchev–Trinajstić information content (AvgIpc) is 2.35. The van der Waals surface area contributed by atoms with Gasteiger partial charge in [-0.05, 0) is 6.92 Å². The second kappa shape index (κ2) is 3.18. The average molecular weight is 153 g/mol. The molecule has 0 aliphatic heterocycles. The van der Waals surface area contributed by atoms with E-state index in [1.807, 2.05) is 6.92 Å². The molecule has 1 aromatic rings. The van der Waals surface area contributed by atoms with Crippen molar-refractivity contribution in [2.45, 2.75) is 20.3 Å². The van der Waals surface area contributed by atoms with E-state index in [1.54, 1.807) is 13.0 Å². The number of nitrogens with zero attached hydrogens (tertiary/aromatic N) is 1. The van der Waals surface area contributed by atoms with Crippen molar-refractivity contribution in [2.75, 3.05) is 5.32 Å². The summed E-state index contributed by atoms with van der Waals surface area (Å²) in [6, 6.07) is 1.79. The van der Waals surface area contributed by atoms with E-state index in [9.17, 15) is 4.79 Å². The lowest BCUT2D eigenvalue weighted by Crippen LogP contribution is -2.09. The van der Waals surface area contributed by atoms with Gasteiger partial charge in [0.1, 0.15) is 0 Å². The molecule has 0 aromatic carbocycles. The topological polar surface area (TPSA) is 57.8 Å². The number of carbonyl (C=O) groups is 1. The van der Waals surface area contributed by atoms with E-state index in [2.05, 4.69) is 15.5 Å². The Labute approximate surface area is 65.0 Å². The van der Waals surface area contributed by atoms with Gasteiger partial charge in [-0.3, -0.25) is 9.89 Å². The first-order valence-electron chi connectivity index (χ1n) is 3.54. The number of aromatic amines is 1. The summed E-state index contributed by atoms with van der Waals surface area (Å²) in [5.74, 6) is 0.575. The highest BCUT2D eigenvalue weighted by molar-refractivity contribution is 5.89. The Bertz CT molecular complexity index is 254. The monoisotopic (exact) mass is 153 g/mol. The van der Waals surface area contributed by atoms with Crippen molar-refractivity contribution >= 4 is 11.7 Å². The van der Waals surface area contributed by atoms with Crippen molar-refractivity contribution in [3.05, 3.63) is 11.8 Å². The molecular weight excluding hydrogens is 142 g/mol. The molecule has 0 aliphatic carbocycles. The van der Waals surface area contributed by atoms with Crippen LogP contribution in [-0.2, 0) is 4.79 Å². The van der Waals surface area contributed by atoms with Crippen LogP contribution in [0.5, 0.6) is 0 Å². The van der Waals surface area contributed by atoms with E-state index in [-0.39, 0.29) is 5.91 Å². The molecule has 60 valence electrons. The summed E-state index contributed by atoms with van der Waals surface area (Å²) in [6.07, 6.45) is 0.478. The van der Waals surface area contributed by atoms with Crippen LogP contribution >= 0.6 is 0 Å². The SMILES string of the molecule is CCC(=O)Nc1cc(C)[nH]n1. The van der Waals surface area contributed by atoms with Crippen molar-refractivity contribution in [1.29, 1.82) is 0 Å². The molecule has 0 bridgehead atoms. The molecule has 0 saturated carbocycles. The number of carbonyl (C=O) groups excluding carboxylic acids is 1. The number of aromatic nitrogens is 2. The molecule has 1 rings (SSSR count). The second-order valence-corrected chi connectivity index (χ2v) is 2.34. The zero-order chi connectivity index (χ0) is 8.27. The van der Waals surface area contributed by atoms with Gasteiger partial charge in [-0.25, -0.2) is 0 Å². The fraction of sp³-hybridized carbons (Fsp3) is 0.429. The fourth-order valence-electron chi connectivity index (χ4n) is 0.713. The van der Waals surface area contributed by atoms with Gasteiger partial charge in [0.05, 0.1) is 0 Å². The van der Waals surface area contributed by atoms with E-state index in [0.717, 1.165) is 5.69 Å². The second-order valence-electron chi connectivity index (χ2n) is 2.34. The lowest BCUT2D eigenvalue weighted by Gasteiger charge is -1.95. The van der Waals surface area contributed by atoms with Gasteiger partial charge in [0.15, 0.2) is 5.82 Å². The van der Waals surface area contributed by atoms with Gasteiger partial charge in [-0.15, -0.1) is 0 Å². The number of nitrogens with one attached hydrogen (secondary N) is 2. The highest BCUT2D eigenvalue weighted by Gasteiger charge is 2.00. The van der Waals surface area contributed by atoms with Crippen LogP contribution in [0.3, 0.4) is 0 Å². The highest BCUT2D eigenvalue weighted by atomic mass is 16.1. The largest absolute Gasteiger partial charge is 0.309 e. The molecule has 0 spiro atoms. The van der Waals surface area contributed by atoms with Crippen LogP contribution in [0.1, 0.15) is 19.0 Å². The number of hydrogen-bond donors (Lipinski definition) is 2. The molecule has 4 nitrogen and oxygen atoms in total. The number of hydrogen-bond acceptors (Lipinski definition) is 2. The number of amides is 1. The van der Waals surface area contributed by atoms with E-state index < -0.39 is 0 Å². The molecule has 0 unspecified atom stereocenters. The smallest absolute Gasteiger partial charge is 0.225 e. The quantitative estimate of drug-likeness (QED) is 0.667. The standard InChI is InChI=1S/C7H11N3O/c1-3-7(11)8-6-4-5(2)9-10-6/h4H,3H2,1-2H3,(H2,8,9,10,11). The van der Waals surface area contributed by atoms with Crippen molar-refractivity contribution in [3.8, 4) is 0 Å². The predicted molar refractivity (Wildman–Crippen MR) is 42.2 cm³/mol. The van der Waals surface area contributed by atoms with E-state index >= 15 is 0 Å². The summed E-state index contributed by atoms with van der Waals surface area (Å²) in [5.41, 5.74) is 0.941. The molecule has 0 atom stereocenters. The minimum atomic E-state index is -0.0171. The molecule has 4 heteroatoms. The summed E-state index contributed by atoms with van der Waals surface area (Å²) < 4.78 is 0. The van der Waals surface area contributed by atoms with Crippen molar-refractivity contribution < 1.29 is 4.79 Å². The van der Waals surface area contributed by atoms with Gasteiger partial charge in [-0.1, -0.05) is 6.92 Å². The molecule has 1 heterocycles. The van der Waals surface area contributed by atoms with Crippen LogP contribution in [-0.4, -0.2) is 16.1 Å². The number of aryl methyl sites for hydroxylation is 1. The maximum absolute atomic E-state index is 10.8. The number of rotatable bonds is 2. The summed E-state index contributed by atoms with van der Waals surface area (Å²) in [5, 5.41) is 9.21. The Kier molecular flexibility index (Phi) is 2.25. The molecule has 2 N–H and O–H groups in total. The maximum atomic E-state index is 10.8. The van der Waals surface area contributed by atoms with E-state index in [0.29, 0.717) is 12.2 Å². The van der Waals surface area contributed by atoms with Gasteiger partial charge in [0, 0.05) is 18.2 Å². The molecular formula is C7H11N3O. The molecule has 1 amide bonds. The van der Waals surface area contributed by atoms with Gasteiger partial charge in [-0.2, -0.15) is 5.10 Å². The third-order valence-electron chi connectivity index (χ3n) is 1.29. The van der Waals surface area contributed by atoms with E-state index in [1.165, 1.54) is 0 Å². The Morgan fingerprint density at radius 1 is 1.82 bits per heavy atom. The van der Waals surface area contributed by atoms with E-state index in [4.69, 9.17) is 0 Å². The number of H-pyrrole nitrogens is 1. The van der Waals surface area contributed by atoms with Gasteiger partial charge in [0.25, 0.3) is 0 Å². The van der Waals surface area contributed by atoms with Crippen molar-refractivity contribution in [3.63, 3.8) is 0 Å². The Hall–Kier alpha value is -1.32. The Morgan fingerprint density at radius 2 is 2.55 bits per heavy atom. The summed E-state index contributed by atoms with van der Waals surface area (Å²) in [6.45, 7) is 3.68. The third-order valence-corrected chi connectivity index (χ3v) is 1.29. The zero-order valence-electron chi connectivity index (χ0n) is 6.64. The highest BCUT2D eigenvalue weighted by Crippen LogP contribution is 2.03. The summed E-state index contributed by atoms with van der Waals surface area (Å²) in [4.78, 5) is 10.8. The first-order valence-corrected chi connectivity index (χ1v) is 3.54. The molecule has 0 fully saturated rings. The molecule has 11 heavy (non-hydrogen) atoms. The fourth-order valence-corrected chi connectivity index (χ4v) is 0.713. The molecule has 0 saturated heterocycles. The molecule has 0 radical (unpaired) electrons. The Balaban J connectivity index is 2.57. The lowest BCUT2D eigenvalue weighted by molar-refractivity contribution is -0.115. The van der Waals surface area contributed by atoms with Crippen LogP contribution < -0.4 is 5.32 Å². The third kappa shape index (κ3) is 2.07. The summed E-state index contributed by atoms with van der Waals surface area (Å²) in [7, 11) is 0. The lowest BCUT2D eigenvalue weighted by atomic mass is 10.4. The first-order chi connectivity index (χ1) is 5.22. The Morgan fingerprint density at radius 3 is 3.00 bits per heavy atom. The minimum Gasteiger partial charge on any atom is -0.309 e. The summed E-state index contributed by atoms with van der Waals surface area (Å²) >= 11 is 0. The van der Waals surface area contributed by atoms with Crippen LogP contribution in [0.4, 0.5) is 5.82 Å². The first kappa shape index (κ1) is 7.78. The van der Waals surface area contributed by atoms with Crippen LogP contribution in [0.25, 0.3) is 0 Å². The zero-order valence-corrected chi connectivity index (χ0v) is 6.64. The van der Waals surface area contributed by atoms with Crippen molar-refractivity contribution in [2.24, 2.45) is 0 Å². The normalized spacial score (nSPS) is 9.64. The predicted octanol–water partition coefficient (Wildman–Crippen LogP) is 1.07. The minimum absolute atomic E-state index is 0.0171. The molecule has 0 aliphatic rings. The van der Waals surface area contributed by atoms with Crippen LogP contribution in [0, 0.1) is 6.92 Å². The van der Waals surface area contributed by atoms with Crippen LogP contribution in [0.2, 0.25) is 0 Å². The van der Waals surface area contributed by atoms with Gasteiger partial charge in [0.2, 0.25) is 5.91 Å². The molecule has 1 aromatic heterocycles. The van der Waals surface area contributed by atoms with Gasteiger partial charge >= 0.3 is 0 Å².